The van der Waals surface area contributed by atoms with Crippen LogP contribution in [0.5, 0.6) is 0 Å². The summed E-state index contributed by atoms with van der Waals surface area (Å²) in [5.74, 6) is 1.83. The largest absolute Gasteiger partial charge is 0.396 e. The van der Waals surface area contributed by atoms with Gasteiger partial charge in [-0.1, -0.05) is 30.7 Å². The molecule has 0 aliphatic heterocycles. The summed E-state index contributed by atoms with van der Waals surface area (Å²) in [4.78, 5) is 0. The number of aliphatic hydroxyl groups is 1. The van der Waals surface area contributed by atoms with Crippen LogP contribution in [0.15, 0.2) is 18.2 Å². The fraction of sp³-hybridized carbons (Fsp3) is 0.600. The molecule has 0 amide bonds. The molecule has 0 spiro atoms. The Hall–Kier alpha value is -0.510. The zero-order valence-corrected chi connectivity index (χ0v) is 12.5. The smallest absolute Gasteiger partial charge is 0.0521 e. The molecule has 0 saturated carbocycles. The molecule has 0 aliphatic carbocycles. The van der Waals surface area contributed by atoms with Crippen molar-refractivity contribution in [3.8, 4) is 0 Å². The second-order valence-corrected chi connectivity index (χ2v) is 5.82. The number of aryl methyl sites for hydroxylation is 2. The van der Waals surface area contributed by atoms with Gasteiger partial charge in [0.05, 0.1) is 6.61 Å². The minimum Gasteiger partial charge on any atom is -0.396 e. The van der Waals surface area contributed by atoms with Gasteiger partial charge in [-0.05, 0) is 37.9 Å². The zero-order chi connectivity index (χ0) is 13.4. The number of thioether (sulfide) groups is 1. The van der Waals surface area contributed by atoms with E-state index in [1.54, 1.807) is 0 Å². The van der Waals surface area contributed by atoms with Gasteiger partial charge in [0, 0.05) is 17.5 Å². The van der Waals surface area contributed by atoms with E-state index in [1.807, 2.05) is 11.8 Å². The van der Waals surface area contributed by atoms with E-state index in [4.69, 9.17) is 5.11 Å². The lowest BCUT2D eigenvalue weighted by Crippen LogP contribution is -2.25. The van der Waals surface area contributed by atoms with E-state index < -0.39 is 0 Å². The number of aliphatic hydroxyl groups excluding tert-OH is 1. The van der Waals surface area contributed by atoms with Crippen molar-refractivity contribution in [2.45, 2.75) is 33.2 Å². The van der Waals surface area contributed by atoms with Crippen molar-refractivity contribution in [1.82, 2.24) is 5.32 Å². The first-order valence-corrected chi connectivity index (χ1v) is 7.83. The summed E-state index contributed by atoms with van der Waals surface area (Å²) >= 11 is 1.81. The second-order valence-electron chi connectivity index (χ2n) is 4.67. The highest BCUT2D eigenvalue weighted by atomic mass is 32.2. The van der Waals surface area contributed by atoms with Gasteiger partial charge in [-0.15, -0.1) is 0 Å². The Morgan fingerprint density at radius 1 is 1.33 bits per heavy atom. The monoisotopic (exact) mass is 267 g/mol. The Morgan fingerprint density at radius 2 is 2.11 bits per heavy atom. The van der Waals surface area contributed by atoms with E-state index in [0.717, 1.165) is 24.5 Å². The SMILES string of the molecule is CCCNC(CSCCO)c1ccc(C)cc1C. The van der Waals surface area contributed by atoms with Crippen LogP contribution in [-0.4, -0.2) is 29.8 Å². The van der Waals surface area contributed by atoms with Gasteiger partial charge in [0.25, 0.3) is 0 Å². The topological polar surface area (TPSA) is 32.3 Å². The molecule has 1 aromatic rings. The minimum absolute atomic E-state index is 0.262. The quantitative estimate of drug-likeness (QED) is 0.710. The third-order valence-electron chi connectivity index (χ3n) is 2.96. The van der Waals surface area contributed by atoms with Crippen molar-refractivity contribution < 1.29 is 5.11 Å². The zero-order valence-electron chi connectivity index (χ0n) is 11.7. The molecule has 0 bridgehead atoms. The molecule has 2 N–H and O–H groups in total. The first-order chi connectivity index (χ1) is 8.69. The molecule has 0 aromatic heterocycles. The van der Waals surface area contributed by atoms with Crippen LogP contribution in [0.1, 0.15) is 36.1 Å². The molecule has 0 fully saturated rings. The molecular weight excluding hydrogens is 242 g/mol. The fourth-order valence-electron chi connectivity index (χ4n) is 2.06. The minimum atomic E-state index is 0.262. The number of hydrogen-bond acceptors (Lipinski definition) is 3. The molecule has 0 heterocycles. The molecule has 2 nitrogen and oxygen atoms in total. The molecule has 102 valence electrons. The summed E-state index contributed by atoms with van der Waals surface area (Å²) in [6, 6.07) is 7.05. The first kappa shape index (κ1) is 15.5. The van der Waals surface area contributed by atoms with Gasteiger partial charge in [0.15, 0.2) is 0 Å². The predicted molar refractivity (Wildman–Crippen MR) is 81.4 cm³/mol. The van der Waals surface area contributed by atoms with Crippen molar-refractivity contribution in [1.29, 1.82) is 0 Å². The van der Waals surface area contributed by atoms with Crippen LogP contribution in [0.3, 0.4) is 0 Å². The molecule has 1 rings (SSSR count). The Kier molecular flexibility index (Phi) is 7.40. The highest BCUT2D eigenvalue weighted by molar-refractivity contribution is 7.99. The van der Waals surface area contributed by atoms with Crippen molar-refractivity contribution >= 4 is 11.8 Å². The number of rotatable bonds is 8. The lowest BCUT2D eigenvalue weighted by molar-refractivity contribution is 0.322. The van der Waals surface area contributed by atoms with E-state index in [2.05, 4.69) is 44.3 Å². The van der Waals surface area contributed by atoms with Crippen LogP contribution in [0.2, 0.25) is 0 Å². The molecule has 3 heteroatoms. The Balaban J connectivity index is 2.73. The van der Waals surface area contributed by atoms with Crippen molar-refractivity contribution in [2.24, 2.45) is 0 Å². The maximum Gasteiger partial charge on any atom is 0.0521 e. The van der Waals surface area contributed by atoms with Gasteiger partial charge >= 0.3 is 0 Å². The van der Waals surface area contributed by atoms with Crippen LogP contribution < -0.4 is 5.32 Å². The third kappa shape index (κ3) is 5.01. The fourth-order valence-corrected chi connectivity index (χ4v) is 2.89. The van der Waals surface area contributed by atoms with Gasteiger partial charge in [-0.25, -0.2) is 0 Å². The average Bonchev–Trinajstić information content (AvgIpc) is 2.34. The average molecular weight is 267 g/mol. The Labute approximate surface area is 115 Å². The molecule has 0 aliphatic rings. The second kappa shape index (κ2) is 8.57. The highest BCUT2D eigenvalue weighted by Gasteiger charge is 2.12. The first-order valence-electron chi connectivity index (χ1n) is 6.68. The maximum atomic E-state index is 8.88. The van der Waals surface area contributed by atoms with Gasteiger partial charge in [0.1, 0.15) is 0 Å². The van der Waals surface area contributed by atoms with Crippen LogP contribution in [0.4, 0.5) is 0 Å². The van der Waals surface area contributed by atoms with Gasteiger partial charge in [0.2, 0.25) is 0 Å². The Bertz CT molecular complexity index is 354. The highest BCUT2D eigenvalue weighted by Crippen LogP contribution is 2.22. The van der Waals surface area contributed by atoms with Crippen LogP contribution >= 0.6 is 11.8 Å². The van der Waals surface area contributed by atoms with Crippen molar-refractivity contribution in [2.75, 3.05) is 24.7 Å². The predicted octanol–water partition coefficient (Wildman–Crippen LogP) is 3.07. The summed E-state index contributed by atoms with van der Waals surface area (Å²) in [6.45, 7) is 7.80. The van der Waals surface area contributed by atoms with Gasteiger partial charge in [-0.3, -0.25) is 0 Å². The molecule has 1 aromatic carbocycles. The molecule has 1 unspecified atom stereocenters. The number of benzene rings is 1. The van der Waals surface area contributed by atoms with E-state index in [9.17, 15) is 0 Å². The lowest BCUT2D eigenvalue weighted by atomic mass is 10.00. The van der Waals surface area contributed by atoms with E-state index >= 15 is 0 Å². The summed E-state index contributed by atoms with van der Waals surface area (Å²) in [5, 5.41) is 12.5. The lowest BCUT2D eigenvalue weighted by Gasteiger charge is -2.21. The van der Waals surface area contributed by atoms with E-state index in [-0.39, 0.29) is 6.61 Å². The normalized spacial score (nSPS) is 12.7. The third-order valence-corrected chi connectivity index (χ3v) is 4.00. The molecule has 1 atom stereocenters. The number of hydrogen-bond donors (Lipinski definition) is 2. The summed E-state index contributed by atoms with van der Waals surface area (Å²) in [5.41, 5.74) is 4.06. The molecule has 0 radical (unpaired) electrons. The summed E-state index contributed by atoms with van der Waals surface area (Å²) in [6.07, 6.45) is 1.14. The van der Waals surface area contributed by atoms with Crippen LogP contribution in [0, 0.1) is 13.8 Å². The molecule has 0 saturated heterocycles. The summed E-state index contributed by atoms with van der Waals surface area (Å²) in [7, 11) is 0. The Morgan fingerprint density at radius 3 is 2.72 bits per heavy atom. The van der Waals surface area contributed by atoms with Crippen LogP contribution in [0.25, 0.3) is 0 Å². The molecule has 18 heavy (non-hydrogen) atoms. The van der Waals surface area contributed by atoms with Crippen LogP contribution in [-0.2, 0) is 0 Å². The van der Waals surface area contributed by atoms with Crippen molar-refractivity contribution in [3.05, 3.63) is 34.9 Å². The summed E-state index contributed by atoms with van der Waals surface area (Å²) < 4.78 is 0. The standard InChI is InChI=1S/C15H25NOS/c1-4-7-16-15(11-18-9-8-17)14-6-5-12(2)10-13(14)3/h5-6,10,15-17H,4,7-9,11H2,1-3H3. The maximum absolute atomic E-state index is 8.88. The van der Waals surface area contributed by atoms with E-state index in [0.29, 0.717) is 6.04 Å². The molecular formula is C15H25NOS. The van der Waals surface area contributed by atoms with E-state index in [1.165, 1.54) is 16.7 Å². The van der Waals surface area contributed by atoms with Gasteiger partial charge < -0.3 is 10.4 Å². The number of nitrogens with one attached hydrogen (secondary N) is 1. The van der Waals surface area contributed by atoms with Gasteiger partial charge in [-0.2, -0.15) is 11.8 Å². The van der Waals surface area contributed by atoms with Crippen molar-refractivity contribution in [3.63, 3.8) is 0 Å².